The van der Waals surface area contributed by atoms with Gasteiger partial charge in [0.1, 0.15) is 5.82 Å². The SMILES string of the molecule is CC(C)(C(=O)N1CCCCCC1)c1c[nH]c2cc(F)ccc12. The summed E-state index contributed by atoms with van der Waals surface area (Å²) in [6, 6.07) is 4.69. The molecule has 1 aromatic carbocycles. The van der Waals surface area contributed by atoms with Crippen LogP contribution in [-0.2, 0) is 10.2 Å². The Kier molecular flexibility index (Phi) is 3.94. The number of hydrogen-bond donors (Lipinski definition) is 1. The smallest absolute Gasteiger partial charge is 0.232 e. The van der Waals surface area contributed by atoms with E-state index in [0.717, 1.165) is 42.4 Å². The molecule has 1 amide bonds. The van der Waals surface area contributed by atoms with Gasteiger partial charge >= 0.3 is 0 Å². The molecule has 1 fully saturated rings. The summed E-state index contributed by atoms with van der Waals surface area (Å²) in [5.74, 6) is -0.0998. The number of carbonyl (C=O) groups excluding carboxylic acids is 1. The second kappa shape index (κ2) is 5.75. The molecule has 0 saturated carbocycles. The number of carbonyl (C=O) groups is 1. The topological polar surface area (TPSA) is 36.1 Å². The number of fused-ring (bicyclic) bond motifs is 1. The fraction of sp³-hybridized carbons (Fsp3) is 0.500. The average Bonchev–Trinajstić information content (AvgIpc) is 2.73. The first-order chi connectivity index (χ1) is 10.5. The molecule has 118 valence electrons. The van der Waals surface area contributed by atoms with Crippen molar-refractivity contribution in [2.75, 3.05) is 13.1 Å². The summed E-state index contributed by atoms with van der Waals surface area (Å²) in [6.07, 6.45) is 6.43. The van der Waals surface area contributed by atoms with Gasteiger partial charge in [0, 0.05) is 30.2 Å². The van der Waals surface area contributed by atoms with Gasteiger partial charge in [0.2, 0.25) is 5.91 Å². The Labute approximate surface area is 130 Å². The number of H-pyrrole nitrogens is 1. The van der Waals surface area contributed by atoms with Crippen LogP contribution in [0.3, 0.4) is 0 Å². The molecule has 2 heterocycles. The van der Waals surface area contributed by atoms with Gasteiger partial charge in [0.05, 0.1) is 5.41 Å². The zero-order valence-electron chi connectivity index (χ0n) is 13.3. The van der Waals surface area contributed by atoms with E-state index in [1.807, 2.05) is 24.9 Å². The fourth-order valence-electron chi connectivity index (χ4n) is 3.40. The minimum Gasteiger partial charge on any atom is -0.361 e. The van der Waals surface area contributed by atoms with Crippen molar-refractivity contribution in [2.24, 2.45) is 0 Å². The van der Waals surface area contributed by atoms with Crippen LogP contribution in [0.5, 0.6) is 0 Å². The highest BCUT2D eigenvalue weighted by molar-refractivity contribution is 5.94. The van der Waals surface area contributed by atoms with Crippen molar-refractivity contribution in [3.63, 3.8) is 0 Å². The Hall–Kier alpha value is -1.84. The van der Waals surface area contributed by atoms with Crippen molar-refractivity contribution in [2.45, 2.75) is 44.9 Å². The Morgan fingerprint density at radius 1 is 1.18 bits per heavy atom. The van der Waals surface area contributed by atoms with Crippen molar-refractivity contribution in [1.29, 1.82) is 0 Å². The van der Waals surface area contributed by atoms with Gasteiger partial charge in [-0.3, -0.25) is 4.79 Å². The summed E-state index contributed by atoms with van der Waals surface area (Å²) < 4.78 is 13.3. The first-order valence-corrected chi connectivity index (χ1v) is 8.06. The van der Waals surface area contributed by atoms with E-state index in [9.17, 15) is 9.18 Å². The Bertz CT molecular complexity index is 681. The van der Waals surface area contributed by atoms with Gasteiger partial charge in [0.15, 0.2) is 0 Å². The molecule has 3 nitrogen and oxygen atoms in total. The molecule has 1 aliphatic rings. The van der Waals surface area contributed by atoms with Crippen LogP contribution in [0.15, 0.2) is 24.4 Å². The molecule has 22 heavy (non-hydrogen) atoms. The number of benzene rings is 1. The quantitative estimate of drug-likeness (QED) is 0.894. The maximum atomic E-state index is 13.3. The second-order valence-corrected chi connectivity index (χ2v) is 6.72. The maximum absolute atomic E-state index is 13.3. The molecule has 0 radical (unpaired) electrons. The highest BCUT2D eigenvalue weighted by Crippen LogP contribution is 2.33. The highest BCUT2D eigenvalue weighted by Gasteiger charge is 2.35. The summed E-state index contributed by atoms with van der Waals surface area (Å²) in [5.41, 5.74) is 1.07. The molecule has 1 N–H and O–H groups in total. The zero-order chi connectivity index (χ0) is 15.7. The third-order valence-electron chi connectivity index (χ3n) is 4.75. The number of amides is 1. The van der Waals surface area contributed by atoms with Crippen molar-refractivity contribution in [1.82, 2.24) is 9.88 Å². The van der Waals surface area contributed by atoms with Crippen LogP contribution in [0.1, 0.15) is 45.1 Å². The lowest BCUT2D eigenvalue weighted by Gasteiger charge is -2.31. The summed E-state index contributed by atoms with van der Waals surface area (Å²) in [6.45, 7) is 5.62. The van der Waals surface area contributed by atoms with E-state index >= 15 is 0 Å². The van der Waals surface area contributed by atoms with Crippen LogP contribution in [-0.4, -0.2) is 28.9 Å². The van der Waals surface area contributed by atoms with E-state index < -0.39 is 5.41 Å². The van der Waals surface area contributed by atoms with Crippen molar-refractivity contribution >= 4 is 16.8 Å². The minimum atomic E-state index is -0.611. The van der Waals surface area contributed by atoms with E-state index in [2.05, 4.69) is 4.98 Å². The maximum Gasteiger partial charge on any atom is 0.232 e. The molecule has 4 heteroatoms. The molecule has 0 atom stereocenters. The van der Waals surface area contributed by atoms with Crippen LogP contribution < -0.4 is 0 Å². The highest BCUT2D eigenvalue weighted by atomic mass is 19.1. The third-order valence-corrected chi connectivity index (χ3v) is 4.75. The standard InChI is InChI=1S/C18H23FN2O/c1-18(2,17(22)21-9-5-3-4-6-10-21)15-12-20-16-11-13(19)7-8-14(15)16/h7-8,11-12,20H,3-6,9-10H2,1-2H3. The number of aromatic amines is 1. The second-order valence-electron chi connectivity index (χ2n) is 6.72. The molecule has 0 unspecified atom stereocenters. The summed E-state index contributed by atoms with van der Waals surface area (Å²) in [7, 11) is 0. The molecular weight excluding hydrogens is 279 g/mol. The lowest BCUT2D eigenvalue weighted by molar-refractivity contribution is -0.136. The largest absolute Gasteiger partial charge is 0.361 e. The molecular formula is C18H23FN2O. The van der Waals surface area contributed by atoms with E-state index in [0.29, 0.717) is 0 Å². The molecule has 1 saturated heterocycles. The monoisotopic (exact) mass is 302 g/mol. The normalized spacial score (nSPS) is 16.8. The van der Waals surface area contributed by atoms with Crippen molar-refractivity contribution < 1.29 is 9.18 Å². The molecule has 0 aliphatic carbocycles. The lowest BCUT2D eigenvalue weighted by atomic mass is 9.83. The van der Waals surface area contributed by atoms with Gasteiger partial charge in [-0.15, -0.1) is 0 Å². The van der Waals surface area contributed by atoms with Gasteiger partial charge in [-0.2, -0.15) is 0 Å². The number of rotatable bonds is 2. The predicted octanol–water partition coefficient (Wildman–Crippen LogP) is 3.99. The molecule has 0 spiro atoms. The molecule has 2 aromatic rings. The molecule has 0 bridgehead atoms. The third kappa shape index (κ3) is 2.62. The van der Waals surface area contributed by atoms with E-state index in [-0.39, 0.29) is 11.7 Å². The zero-order valence-corrected chi connectivity index (χ0v) is 13.3. The first-order valence-electron chi connectivity index (χ1n) is 8.06. The Morgan fingerprint density at radius 3 is 2.55 bits per heavy atom. The van der Waals surface area contributed by atoms with E-state index in [4.69, 9.17) is 0 Å². The molecule has 1 aliphatic heterocycles. The number of hydrogen-bond acceptors (Lipinski definition) is 1. The van der Waals surface area contributed by atoms with Crippen LogP contribution in [0, 0.1) is 5.82 Å². The predicted molar refractivity (Wildman–Crippen MR) is 86.3 cm³/mol. The summed E-state index contributed by atoms with van der Waals surface area (Å²) in [5, 5.41) is 0.926. The van der Waals surface area contributed by atoms with Gasteiger partial charge < -0.3 is 9.88 Å². The van der Waals surface area contributed by atoms with Crippen molar-refractivity contribution in [3.8, 4) is 0 Å². The minimum absolute atomic E-state index is 0.166. The van der Waals surface area contributed by atoms with Crippen LogP contribution in [0.2, 0.25) is 0 Å². The number of nitrogens with zero attached hydrogens (tertiary/aromatic N) is 1. The van der Waals surface area contributed by atoms with Gasteiger partial charge in [-0.05, 0) is 50.5 Å². The summed E-state index contributed by atoms with van der Waals surface area (Å²) in [4.78, 5) is 18.1. The van der Waals surface area contributed by atoms with Gasteiger partial charge in [-0.25, -0.2) is 4.39 Å². The van der Waals surface area contributed by atoms with Gasteiger partial charge in [0.25, 0.3) is 0 Å². The summed E-state index contributed by atoms with van der Waals surface area (Å²) >= 11 is 0. The molecule has 1 aromatic heterocycles. The first kappa shape index (κ1) is 15.1. The number of aromatic nitrogens is 1. The van der Waals surface area contributed by atoms with Gasteiger partial charge in [-0.1, -0.05) is 12.8 Å². The van der Waals surface area contributed by atoms with Crippen molar-refractivity contribution in [3.05, 3.63) is 35.8 Å². The van der Waals surface area contributed by atoms with E-state index in [1.54, 1.807) is 6.07 Å². The number of halogens is 1. The van der Waals surface area contributed by atoms with E-state index in [1.165, 1.54) is 25.0 Å². The molecule has 3 rings (SSSR count). The lowest BCUT2D eigenvalue weighted by Crippen LogP contribution is -2.43. The van der Waals surface area contributed by atoms with Crippen LogP contribution in [0.25, 0.3) is 10.9 Å². The number of likely N-dealkylation sites (tertiary alicyclic amines) is 1. The Morgan fingerprint density at radius 2 is 1.86 bits per heavy atom. The van der Waals surface area contributed by atoms with Crippen LogP contribution in [0.4, 0.5) is 4.39 Å². The average molecular weight is 302 g/mol. The Balaban J connectivity index is 1.94. The fourth-order valence-corrected chi connectivity index (χ4v) is 3.40. The van der Waals surface area contributed by atoms with Crippen LogP contribution >= 0.6 is 0 Å². The number of nitrogens with one attached hydrogen (secondary N) is 1.